The van der Waals surface area contributed by atoms with Gasteiger partial charge in [-0.25, -0.2) is 4.79 Å². The predicted octanol–water partition coefficient (Wildman–Crippen LogP) is 1.09. The van der Waals surface area contributed by atoms with Crippen molar-refractivity contribution in [2.24, 2.45) is 5.92 Å². The lowest BCUT2D eigenvalue weighted by atomic mass is 9.97. The summed E-state index contributed by atoms with van der Waals surface area (Å²) in [6, 6.07) is -0.690. The molecule has 1 heterocycles. The van der Waals surface area contributed by atoms with E-state index in [-0.39, 0.29) is 17.7 Å². The number of ether oxygens (including phenoxy) is 1. The van der Waals surface area contributed by atoms with Crippen molar-refractivity contribution in [2.45, 2.75) is 59.1 Å². The molecule has 1 rings (SSSR count). The van der Waals surface area contributed by atoms with E-state index in [1.165, 1.54) is 6.92 Å². The summed E-state index contributed by atoms with van der Waals surface area (Å²) < 4.78 is 5.23. The van der Waals surface area contributed by atoms with Gasteiger partial charge in [-0.2, -0.15) is 0 Å². The number of nitrogens with one attached hydrogen (secondary N) is 1. The van der Waals surface area contributed by atoms with E-state index < -0.39 is 17.6 Å². The van der Waals surface area contributed by atoms with Crippen LogP contribution in [0.3, 0.4) is 0 Å². The second-order valence-electron chi connectivity index (χ2n) is 6.57. The highest BCUT2D eigenvalue weighted by Gasteiger charge is 2.30. The molecule has 1 saturated heterocycles. The Morgan fingerprint density at radius 2 is 1.90 bits per heavy atom. The van der Waals surface area contributed by atoms with Crippen LogP contribution in [0.5, 0.6) is 0 Å². The average molecular weight is 298 g/mol. The molecule has 0 spiro atoms. The molecule has 21 heavy (non-hydrogen) atoms. The predicted molar refractivity (Wildman–Crippen MR) is 78.4 cm³/mol. The standard InChI is InChI=1S/C15H26N2O4/c1-10(14(20)21-15(3,4)5)16-13(19)12-7-6-8-17(9-12)11(2)18/h10,12H,6-9H2,1-5H3,(H,16,19)/t10-,12?/m0/s1. The second kappa shape index (κ2) is 6.91. The van der Waals surface area contributed by atoms with Crippen molar-refractivity contribution in [3.8, 4) is 0 Å². The van der Waals surface area contributed by atoms with Crippen LogP contribution in [-0.2, 0) is 19.1 Å². The fourth-order valence-corrected chi connectivity index (χ4v) is 2.26. The van der Waals surface area contributed by atoms with Crippen LogP contribution < -0.4 is 5.32 Å². The summed E-state index contributed by atoms with van der Waals surface area (Å²) in [5.74, 6) is -0.922. The van der Waals surface area contributed by atoms with Gasteiger partial charge in [0.2, 0.25) is 11.8 Å². The minimum Gasteiger partial charge on any atom is -0.458 e. The van der Waals surface area contributed by atoms with Gasteiger partial charge in [-0.05, 0) is 40.5 Å². The molecule has 0 aromatic heterocycles. The van der Waals surface area contributed by atoms with Crippen molar-refractivity contribution in [1.29, 1.82) is 0 Å². The highest BCUT2D eigenvalue weighted by atomic mass is 16.6. The Bertz CT molecular complexity index is 414. The van der Waals surface area contributed by atoms with Crippen molar-refractivity contribution < 1.29 is 19.1 Å². The molecule has 1 aliphatic rings. The Hall–Kier alpha value is -1.59. The maximum atomic E-state index is 12.2. The Morgan fingerprint density at radius 3 is 2.43 bits per heavy atom. The van der Waals surface area contributed by atoms with Crippen LogP contribution in [0.1, 0.15) is 47.5 Å². The van der Waals surface area contributed by atoms with E-state index in [4.69, 9.17) is 4.74 Å². The Balaban J connectivity index is 2.52. The average Bonchev–Trinajstić information content (AvgIpc) is 2.36. The third-order valence-electron chi connectivity index (χ3n) is 3.36. The van der Waals surface area contributed by atoms with Crippen molar-refractivity contribution >= 4 is 17.8 Å². The summed E-state index contributed by atoms with van der Waals surface area (Å²) in [6.07, 6.45) is 1.54. The third kappa shape index (κ3) is 5.73. The molecule has 1 fully saturated rings. The zero-order chi connectivity index (χ0) is 16.2. The van der Waals surface area contributed by atoms with Gasteiger partial charge in [0.1, 0.15) is 11.6 Å². The van der Waals surface area contributed by atoms with Gasteiger partial charge in [-0.3, -0.25) is 9.59 Å². The number of esters is 1. The summed E-state index contributed by atoms with van der Waals surface area (Å²) in [6.45, 7) is 9.58. The third-order valence-corrected chi connectivity index (χ3v) is 3.36. The van der Waals surface area contributed by atoms with Crippen LogP contribution >= 0.6 is 0 Å². The maximum absolute atomic E-state index is 12.2. The van der Waals surface area contributed by atoms with E-state index in [0.29, 0.717) is 13.1 Å². The van der Waals surface area contributed by atoms with Gasteiger partial charge >= 0.3 is 5.97 Å². The van der Waals surface area contributed by atoms with Gasteiger partial charge < -0.3 is 15.0 Å². The van der Waals surface area contributed by atoms with Crippen LogP contribution in [-0.4, -0.2) is 47.4 Å². The van der Waals surface area contributed by atoms with Gasteiger partial charge in [0, 0.05) is 20.0 Å². The van der Waals surface area contributed by atoms with E-state index in [1.807, 2.05) is 0 Å². The number of nitrogens with zero attached hydrogens (tertiary/aromatic N) is 1. The monoisotopic (exact) mass is 298 g/mol. The van der Waals surface area contributed by atoms with E-state index in [0.717, 1.165) is 12.8 Å². The molecule has 6 nitrogen and oxygen atoms in total. The lowest BCUT2D eigenvalue weighted by molar-refractivity contribution is -0.158. The number of hydrogen-bond donors (Lipinski definition) is 1. The lowest BCUT2D eigenvalue weighted by Crippen LogP contribution is -2.49. The van der Waals surface area contributed by atoms with E-state index >= 15 is 0 Å². The molecule has 120 valence electrons. The zero-order valence-electron chi connectivity index (χ0n) is 13.6. The minimum absolute atomic E-state index is 0.0207. The van der Waals surface area contributed by atoms with Crippen LogP contribution in [0.15, 0.2) is 0 Å². The van der Waals surface area contributed by atoms with Crippen LogP contribution in [0, 0.1) is 5.92 Å². The van der Waals surface area contributed by atoms with Crippen molar-refractivity contribution in [3.63, 3.8) is 0 Å². The molecule has 0 radical (unpaired) electrons. The molecule has 1 aliphatic heterocycles. The molecule has 0 saturated carbocycles. The molecule has 1 unspecified atom stereocenters. The molecule has 0 aromatic carbocycles. The molecule has 1 N–H and O–H groups in total. The van der Waals surface area contributed by atoms with E-state index in [9.17, 15) is 14.4 Å². The number of carbonyl (C=O) groups is 3. The summed E-state index contributed by atoms with van der Waals surface area (Å²) in [4.78, 5) is 37.1. The van der Waals surface area contributed by atoms with Gasteiger partial charge in [0.15, 0.2) is 0 Å². The molecule has 6 heteroatoms. The first kappa shape index (κ1) is 17.5. The molecule has 0 aliphatic carbocycles. The zero-order valence-corrected chi connectivity index (χ0v) is 13.6. The first-order chi connectivity index (χ1) is 9.60. The van der Waals surface area contributed by atoms with E-state index in [1.54, 1.807) is 32.6 Å². The summed E-state index contributed by atoms with van der Waals surface area (Å²) in [5.41, 5.74) is -0.577. The first-order valence-electron chi connectivity index (χ1n) is 7.39. The number of amides is 2. The number of piperidine rings is 1. The first-order valence-corrected chi connectivity index (χ1v) is 7.39. The fraction of sp³-hybridized carbons (Fsp3) is 0.800. The smallest absolute Gasteiger partial charge is 0.328 e. The second-order valence-corrected chi connectivity index (χ2v) is 6.57. The highest BCUT2D eigenvalue weighted by molar-refractivity contribution is 5.86. The molecular formula is C15H26N2O4. The van der Waals surface area contributed by atoms with Gasteiger partial charge in [-0.1, -0.05) is 0 Å². The number of carbonyl (C=O) groups excluding carboxylic acids is 3. The molecule has 2 amide bonds. The Labute approximate surface area is 126 Å². The lowest BCUT2D eigenvalue weighted by Gasteiger charge is -2.32. The van der Waals surface area contributed by atoms with Crippen molar-refractivity contribution in [1.82, 2.24) is 10.2 Å². The summed E-state index contributed by atoms with van der Waals surface area (Å²) in [5, 5.41) is 2.68. The van der Waals surface area contributed by atoms with Gasteiger partial charge in [0.05, 0.1) is 5.92 Å². The van der Waals surface area contributed by atoms with Crippen LogP contribution in [0.25, 0.3) is 0 Å². The molecule has 0 aromatic rings. The molecule has 2 atom stereocenters. The highest BCUT2D eigenvalue weighted by Crippen LogP contribution is 2.17. The summed E-state index contributed by atoms with van der Waals surface area (Å²) in [7, 11) is 0. The maximum Gasteiger partial charge on any atom is 0.328 e. The Morgan fingerprint density at radius 1 is 1.29 bits per heavy atom. The molecular weight excluding hydrogens is 272 g/mol. The van der Waals surface area contributed by atoms with Gasteiger partial charge in [0.25, 0.3) is 0 Å². The molecule has 0 bridgehead atoms. The quantitative estimate of drug-likeness (QED) is 0.791. The normalized spacial score (nSPS) is 20.6. The summed E-state index contributed by atoms with van der Waals surface area (Å²) >= 11 is 0. The van der Waals surface area contributed by atoms with Crippen molar-refractivity contribution in [3.05, 3.63) is 0 Å². The largest absolute Gasteiger partial charge is 0.458 e. The van der Waals surface area contributed by atoms with Crippen molar-refractivity contribution in [2.75, 3.05) is 13.1 Å². The topological polar surface area (TPSA) is 75.7 Å². The Kier molecular flexibility index (Phi) is 5.75. The number of rotatable bonds is 3. The van der Waals surface area contributed by atoms with Crippen LogP contribution in [0.4, 0.5) is 0 Å². The SMILES string of the molecule is CC(=O)N1CCCC(C(=O)N[C@@H](C)C(=O)OC(C)(C)C)C1. The van der Waals surface area contributed by atoms with E-state index in [2.05, 4.69) is 5.32 Å². The number of hydrogen-bond acceptors (Lipinski definition) is 4. The van der Waals surface area contributed by atoms with Gasteiger partial charge in [-0.15, -0.1) is 0 Å². The number of likely N-dealkylation sites (tertiary alicyclic amines) is 1. The fourth-order valence-electron chi connectivity index (χ4n) is 2.26. The van der Waals surface area contributed by atoms with Crippen LogP contribution in [0.2, 0.25) is 0 Å². The minimum atomic E-state index is -0.690.